The largest absolute Gasteiger partial charge is 0.326 e. The number of amides is 1. The fraction of sp³-hybridized carbons (Fsp3) is 0.357. The van der Waals surface area contributed by atoms with Gasteiger partial charge in [0.05, 0.1) is 11.4 Å². The summed E-state index contributed by atoms with van der Waals surface area (Å²) < 4.78 is 0. The molecule has 2 aliphatic heterocycles. The van der Waals surface area contributed by atoms with E-state index in [0.29, 0.717) is 18.2 Å². The Hall–Kier alpha value is -2.17. The number of carbonyl (C=O) groups is 1. The van der Waals surface area contributed by atoms with Gasteiger partial charge in [0, 0.05) is 14.1 Å². The van der Waals surface area contributed by atoms with Crippen LogP contribution in [0.1, 0.15) is 11.1 Å². The van der Waals surface area contributed by atoms with Crippen molar-refractivity contribution in [3.63, 3.8) is 0 Å². The molecule has 0 fully saturated rings. The van der Waals surface area contributed by atoms with Gasteiger partial charge in [-0.25, -0.2) is 9.98 Å². The molecule has 0 saturated heterocycles. The highest BCUT2D eigenvalue weighted by Crippen LogP contribution is 2.35. The second-order valence-electron chi connectivity index (χ2n) is 5.07. The fourth-order valence-corrected chi connectivity index (χ4v) is 2.33. The standard InChI is InChI=1S/C14H16N4O/c1-8-5-10-11(6-9(8)2)18(4)13-12(16-10)14(19)17(3)7-15-13/h5-6H,7H2,1-4H3. The minimum Gasteiger partial charge on any atom is -0.326 e. The molecule has 0 N–H and O–H groups in total. The van der Waals surface area contributed by atoms with Crippen molar-refractivity contribution in [1.29, 1.82) is 0 Å². The molecular weight excluding hydrogens is 240 g/mol. The van der Waals surface area contributed by atoms with Crippen molar-refractivity contribution >= 4 is 28.8 Å². The van der Waals surface area contributed by atoms with E-state index in [1.54, 1.807) is 11.9 Å². The van der Waals surface area contributed by atoms with Gasteiger partial charge in [0.25, 0.3) is 5.91 Å². The fourth-order valence-electron chi connectivity index (χ4n) is 2.33. The maximum atomic E-state index is 12.2. The summed E-state index contributed by atoms with van der Waals surface area (Å²) in [5, 5.41) is 0. The van der Waals surface area contributed by atoms with Gasteiger partial charge in [-0.15, -0.1) is 0 Å². The summed E-state index contributed by atoms with van der Waals surface area (Å²) in [5.74, 6) is 0.597. The van der Waals surface area contributed by atoms with Crippen LogP contribution in [0.15, 0.2) is 22.1 Å². The van der Waals surface area contributed by atoms with E-state index >= 15 is 0 Å². The van der Waals surface area contributed by atoms with E-state index in [1.807, 2.05) is 24.9 Å². The van der Waals surface area contributed by atoms with Crippen molar-refractivity contribution in [2.75, 3.05) is 25.7 Å². The van der Waals surface area contributed by atoms with Crippen molar-refractivity contribution < 1.29 is 4.79 Å². The highest BCUT2D eigenvalue weighted by atomic mass is 16.2. The Bertz CT molecular complexity index is 645. The molecule has 1 aromatic rings. The maximum Gasteiger partial charge on any atom is 0.277 e. The molecule has 2 aliphatic rings. The van der Waals surface area contributed by atoms with E-state index in [9.17, 15) is 4.79 Å². The molecule has 98 valence electrons. The highest BCUT2D eigenvalue weighted by molar-refractivity contribution is 6.70. The Morgan fingerprint density at radius 2 is 1.84 bits per heavy atom. The predicted octanol–water partition coefficient (Wildman–Crippen LogP) is 1.65. The lowest BCUT2D eigenvalue weighted by Crippen LogP contribution is -2.49. The average Bonchev–Trinajstić information content (AvgIpc) is 2.37. The zero-order valence-electron chi connectivity index (χ0n) is 11.6. The Kier molecular flexibility index (Phi) is 2.45. The smallest absolute Gasteiger partial charge is 0.277 e. The first kappa shape index (κ1) is 11.9. The van der Waals surface area contributed by atoms with Gasteiger partial charge in [0.15, 0.2) is 11.5 Å². The van der Waals surface area contributed by atoms with E-state index in [-0.39, 0.29) is 5.91 Å². The summed E-state index contributed by atoms with van der Waals surface area (Å²) in [5.41, 5.74) is 4.66. The first-order valence-corrected chi connectivity index (χ1v) is 6.23. The zero-order valence-corrected chi connectivity index (χ0v) is 11.6. The molecule has 0 bridgehead atoms. The lowest BCUT2D eigenvalue weighted by molar-refractivity contribution is -0.122. The molecule has 0 spiro atoms. The molecule has 0 aliphatic carbocycles. The van der Waals surface area contributed by atoms with Gasteiger partial charge in [-0.05, 0) is 37.1 Å². The molecule has 19 heavy (non-hydrogen) atoms. The molecule has 0 atom stereocenters. The third-order valence-electron chi connectivity index (χ3n) is 3.70. The van der Waals surface area contributed by atoms with Gasteiger partial charge in [-0.1, -0.05) is 0 Å². The van der Waals surface area contributed by atoms with Crippen LogP contribution < -0.4 is 4.90 Å². The van der Waals surface area contributed by atoms with Gasteiger partial charge < -0.3 is 9.80 Å². The zero-order chi connectivity index (χ0) is 13.7. The third-order valence-corrected chi connectivity index (χ3v) is 3.70. The molecule has 0 saturated carbocycles. The number of carbonyl (C=O) groups excluding carboxylic acids is 1. The Morgan fingerprint density at radius 3 is 2.58 bits per heavy atom. The second kappa shape index (κ2) is 3.91. The summed E-state index contributed by atoms with van der Waals surface area (Å²) in [4.78, 5) is 24.6. The normalized spacial score (nSPS) is 17.8. The Labute approximate surface area is 112 Å². The molecule has 1 aromatic carbocycles. The number of aliphatic imine (C=N–C) groups is 2. The number of aryl methyl sites for hydroxylation is 2. The highest BCUT2D eigenvalue weighted by Gasteiger charge is 2.33. The van der Waals surface area contributed by atoms with E-state index < -0.39 is 0 Å². The second-order valence-corrected chi connectivity index (χ2v) is 5.07. The van der Waals surface area contributed by atoms with Gasteiger partial charge >= 0.3 is 0 Å². The Balaban J connectivity index is 2.23. The van der Waals surface area contributed by atoms with Crippen molar-refractivity contribution in [2.24, 2.45) is 9.98 Å². The van der Waals surface area contributed by atoms with Gasteiger partial charge in [-0.3, -0.25) is 4.79 Å². The van der Waals surface area contributed by atoms with Crippen molar-refractivity contribution in [3.8, 4) is 0 Å². The molecule has 2 heterocycles. The van der Waals surface area contributed by atoms with Crippen LogP contribution in [0.2, 0.25) is 0 Å². The van der Waals surface area contributed by atoms with Crippen molar-refractivity contribution in [3.05, 3.63) is 23.3 Å². The minimum absolute atomic E-state index is 0.0688. The predicted molar refractivity (Wildman–Crippen MR) is 76.5 cm³/mol. The van der Waals surface area contributed by atoms with Crippen LogP contribution in [-0.4, -0.2) is 43.1 Å². The number of hydrogen-bond acceptors (Lipinski definition) is 4. The van der Waals surface area contributed by atoms with Crippen LogP contribution >= 0.6 is 0 Å². The number of amidine groups is 1. The molecule has 0 radical (unpaired) electrons. The monoisotopic (exact) mass is 256 g/mol. The number of fused-ring (bicyclic) bond motifs is 2. The van der Waals surface area contributed by atoms with Crippen molar-refractivity contribution in [1.82, 2.24) is 4.90 Å². The Morgan fingerprint density at radius 1 is 1.16 bits per heavy atom. The lowest BCUT2D eigenvalue weighted by atomic mass is 10.0. The lowest BCUT2D eigenvalue weighted by Gasteiger charge is -2.32. The van der Waals surface area contributed by atoms with E-state index in [1.165, 1.54) is 11.1 Å². The van der Waals surface area contributed by atoms with Crippen LogP contribution in [0.4, 0.5) is 11.4 Å². The summed E-state index contributed by atoms with van der Waals surface area (Å²) >= 11 is 0. The molecule has 0 unspecified atom stereocenters. The molecular formula is C14H16N4O. The summed E-state index contributed by atoms with van der Waals surface area (Å²) in [6.45, 7) is 4.51. The number of hydrogen-bond donors (Lipinski definition) is 0. The first-order chi connectivity index (χ1) is 8.99. The number of benzene rings is 1. The molecule has 0 aromatic heterocycles. The summed E-state index contributed by atoms with van der Waals surface area (Å²) in [6, 6.07) is 4.11. The SMILES string of the molecule is Cc1cc2c(cc1C)N(C)C1=NCN(C)C(=O)C1=N2. The van der Waals surface area contributed by atoms with E-state index in [0.717, 1.165) is 11.4 Å². The van der Waals surface area contributed by atoms with E-state index in [4.69, 9.17) is 0 Å². The number of nitrogens with zero attached hydrogens (tertiary/aromatic N) is 4. The molecule has 5 heteroatoms. The van der Waals surface area contributed by atoms with Crippen LogP contribution in [-0.2, 0) is 4.79 Å². The van der Waals surface area contributed by atoms with Gasteiger partial charge in [-0.2, -0.15) is 0 Å². The van der Waals surface area contributed by atoms with Gasteiger partial charge in [0.1, 0.15) is 6.67 Å². The first-order valence-electron chi connectivity index (χ1n) is 6.23. The molecule has 3 rings (SSSR count). The van der Waals surface area contributed by atoms with Crippen LogP contribution in [0, 0.1) is 13.8 Å². The minimum atomic E-state index is -0.0688. The van der Waals surface area contributed by atoms with Crippen LogP contribution in [0.25, 0.3) is 0 Å². The maximum absolute atomic E-state index is 12.2. The summed E-state index contributed by atoms with van der Waals surface area (Å²) in [6.07, 6.45) is 0. The number of rotatable bonds is 0. The molecule has 5 nitrogen and oxygen atoms in total. The van der Waals surface area contributed by atoms with E-state index in [2.05, 4.69) is 23.0 Å². The third kappa shape index (κ3) is 1.65. The number of anilines is 1. The average molecular weight is 256 g/mol. The summed E-state index contributed by atoms with van der Waals surface area (Å²) in [7, 11) is 3.67. The quantitative estimate of drug-likeness (QED) is 0.708. The van der Waals surface area contributed by atoms with Gasteiger partial charge in [0.2, 0.25) is 0 Å². The molecule has 1 amide bonds. The van der Waals surface area contributed by atoms with Crippen molar-refractivity contribution in [2.45, 2.75) is 13.8 Å². The topological polar surface area (TPSA) is 48.3 Å². The van der Waals surface area contributed by atoms with Crippen LogP contribution in [0.5, 0.6) is 0 Å². The van der Waals surface area contributed by atoms with Crippen LogP contribution in [0.3, 0.4) is 0 Å².